The normalized spacial score (nSPS) is 11.0. The second kappa shape index (κ2) is 7.53. The fourth-order valence-corrected chi connectivity index (χ4v) is 3.68. The highest BCUT2D eigenvalue weighted by molar-refractivity contribution is 7.04. The molecule has 0 unspecified atom stereocenters. The van der Waals surface area contributed by atoms with Gasteiger partial charge in [-0.15, -0.1) is 0 Å². The maximum atomic E-state index is 6.07. The molecule has 0 atom stereocenters. The molecule has 0 fully saturated rings. The molecule has 3 aromatic heterocycles. The number of hydrogen-bond acceptors (Lipinski definition) is 9. The number of nitrogens with one attached hydrogen (secondary N) is 1. The molecular weight excluding hydrogens is 400 g/mol. The van der Waals surface area contributed by atoms with E-state index in [1.54, 1.807) is 6.20 Å². The van der Waals surface area contributed by atoms with Crippen LogP contribution < -0.4 is 14.8 Å². The molecule has 8 nitrogen and oxygen atoms in total. The van der Waals surface area contributed by atoms with Crippen molar-refractivity contribution in [1.82, 2.24) is 24.3 Å². The van der Waals surface area contributed by atoms with Gasteiger partial charge in [0.15, 0.2) is 5.82 Å². The molecule has 0 aliphatic carbocycles. The number of aromatic nitrogens is 5. The van der Waals surface area contributed by atoms with Gasteiger partial charge in [-0.05, 0) is 54.4 Å². The molecule has 5 aromatic rings. The number of aryl methyl sites for hydroxylation is 1. The number of methoxy groups -OCH3 is 1. The lowest BCUT2D eigenvalue weighted by Crippen LogP contribution is -2.00. The molecule has 5 rings (SSSR count). The third-order valence-electron chi connectivity index (χ3n) is 4.54. The molecule has 1 N–H and O–H groups in total. The molecule has 0 amide bonds. The zero-order valence-electron chi connectivity index (χ0n) is 16.2. The van der Waals surface area contributed by atoms with Gasteiger partial charge >= 0.3 is 6.01 Å². The van der Waals surface area contributed by atoms with Gasteiger partial charge in [-0.3, -0.25) is 0 Å². The highest BCUT2D eigenvalue weighted by atomic mass is 32.1. The van der Waals surface area contributed by atoms with Gasteiger partial charge < -0.3 is 14.8 Å². The average Bonchev–Trinajstić information content (AvgIpc) is 3.23. The number of nitrogens with zero attached hydrogens (tertiary/aromatic N) is 5. The Morgan fingerprint density at radius 3 is 2.80 bits per heavy atom. The highest BCUT2D eigenvalue weighted by Gasteiger charge is 2.10. The van der Waals surface area contributed by atoms with E-state index in [4.69, 9.17) is 9.47 Å². The molecule has 0 radical (unpaired) electrons. The van der Waals surface area contributed by atoms with Gasteiger partial charge in [0.05, 0.1) is 18.8 Å². The second-order valence-corrected chi connectivity index (χ2v) is 7.18. The van der Waals surface area contributed by atoms with Crippen LogP contribution in [0, 0.1) is 6.92 Å². The summed E-state index contributed by atoms with van der Waals surface area (Å²) in [6.07, 6.45) is 3.08. The fourth-order valence-electron chi connectivity index (χ4n) is 3.04. The number of rotatable bonds is 5. The Labute approximate surface area is 175 Å². The lowest BCUT2D eigenvalue weighted by molar-refractivity contribution is 0.381. The summed E-state index contributed by atoms with van der Waals surface area (Å²) in [5, 5.41) is 6.42. The minimum absolute atomic E-state index is 0.261. The monoisotopic (exact) mass is 416 g/mol. The van der Waals surface area contributed by atoms with Gasteiger partial charge in [0, 0.05) is 22.5 Å². The molecule has 148 valence electrons. The van der Waals surface area contributed by atoms with Crippen molar-refractivity contribution in [2.24, 2.45) is 0 Å². The number of benzene rings is 2. The SMILES string of the molecule is COc1ncc2ncnc(Nc3ccc(Oc4ccc5csnc5c4)c(C)c3)c2n1. The standard InChI is InChI=1S/C21H16N6O2S/c1-12-7-14(25-20-19-17(23-11-24-20)9-22-21(26-19)28-2)4-6-18(12)29-15-5-3-13-10-30-27-16(13)8-15/h3-11H,1-2H3,(H,23,24,25). The maximum absolute atomic E-state index is 6.07. The Hall–Kier alpha value is -3.85. The van der Waals surface area contributed by atoms with Crippen LogP contribution >= 0.6 is 11.5 Å². The number of fused-ring (bicyclic) bond motifs is 2. The van der Waals surface area contributed by atoms with E-state index in [0.29, 0.717) is 16.9 Å². The molecule has 9 heteroatoms. The van der Waals surface area contributed by atoms with Gasteiger partial charge in [0.1, 0.15) is 28.9 Å². The van der Waals surface area contributed by atoms with Gasteiger partial charge in [0.25, 0.3) is 0 Å². The topological polar surface area (TPSA) is 94.9 Å². The first-order valence-corrected chi connectivity index (χ1v) is 9.95. The van der Waals surface area contributed by atoms with Crippen LogP contribution in [-0.2, 0) is 0 Å². The molecule has 2 aromatic carbocycles. The summed E-state index contributed by atoms with van der Waals surface area (Å²) in [6.45, 7) is 1.99. The van der Waals surface area contributed by atoms with Crippen molar-refractivity contribution < 1.29 is 9.47 Å². The lowest BCUT2D eigenvalue weighted by atomic mass is 10.2. The third kappa shape index (κ3) is 3.46. The van der Waals surface area contributed by atoms with Crippen LogP contribution in [0.15, 0.2) is 54.3 Å². The summed E-state index contributed by atoms with van der Waals surface area (Å²) >= 11 is 1.44. The number of anilines is 2. The van der Waals surface area contributed by atoms with Crippen LogP contribution in [0.5, 0.6) is 17.5 Å². The van der Waals surface area contributed by atoms with Crippen LogP contribution in [0.4, 0.5) is 11.5 Å². The van der Waals surface area contributed by atoms with E-state index in [0.717, 1.165) is 33.7 Å². The van der Waals surface area contributed by atoms with Crippen molar-refractivity contribution in [3.63, 3.8) is 0 Å². The Morgan fingerprint density at radius 1 is 1.00 bits per heavy atom. The lowest BCUT2D eigenvalue weighted by Gasteiger charge is -2.12. The summed E-state index contributed by atoms with van der Waals surface area (Å²) in [4.78, 5) is 17.0. The third-order valence-corrected chi connectivity index (χ3v) is 5.20. The van der Waals surface area contributed by atoms with Gasteiger partial charge in [-0.2, -0.15) is 9.36 Å². The summed E-state index contributed by atoms with van der Waals surface area (Å²) in [5.41, 5.74) is 3.97. The van der Waals surface area contributed by atoms with Gasteiger partial charge in [0.2, 0.25) is 0 Å². The summed E-state index contributed by atoms with van der Waals surface area (Å²) in [5.74, 6) is 2.09. The molecule has 0 saturated heterocycles. The number of ether oxygens (including phenoxy) is 2. The first-order chi connectivity index (χ1) is 14.7. The summed E-state index contributed by atoms with van der Waals surface area (Å²) < 4.78 is 15.5. The molecule has 0 spiro atoms. The fraction of sp³-hybridized carbons (Fsp3) is 0.0952. The van der Waals surface area contributed by atoms with Crippen molar-refractivity contribution in [2.45, 2.75) is 6.92 Å². The molecule has 0 aliphatic heterocycles. The van der Waals surface area contributed by atoms with Crippen molar-refractivity contribution in [2.75, 3.05) is 12.4 Å². The van der Waals surface area contributed by atoms with E-state index in [9.17, 15) is 0 Å². The Morgan fingerprint density at radius 2 is 1.93 bits per heavy atom. The Balaban J connectivity index is 1.41. The molecule has 0 saturated carbocycles. The van der Waals surface area contributed by atoms with Gasteiger partial charge in [-0.25, -0.2) is 15.0 Å². The van der Waals surface area contributed by atoms with Crippen molar-refractivity contribution in [3.05, 3.63) is 59.9 Å². The Kier molecular flexibility index (Phi) is 4.56. The zero-order chi connectivity index (χ0) is 20.5. The largest absolute Gasteiger partial charge is 0.467 e. The highest BCUT2D eigenvalue weighted by Crippen LogP contribution is 2.31. The molecule has 3 heterocycles. The first kappa shape index (κ1) is 18.2. The maximum Gasteiger partial charge on any atom is 0.316 e. The van der Waals surface area contributed by atoms with E-state index >= 15 is 0 Å². The minimum atomic E-state index is 0.261. The van der Waals surface area contributed by atoms with Crippen LogP contribution in [-0.4, -0.2) is 31.4 Å². The smallest absolute Gasteiger partial charge is 0.316 e. The van der Waals surface area contributed by atoms with Crippen molar-refractivity contribution in [1.29, 1.82) is 0 Å². The first-order valence-electron chi connectivity index (χ1n) is 9.11. The van der Waals surface area contributed by atoms with E-state index < -0.39 is 0 Å². The minimum Gasteiger partial charge on any atom is -0.467 e. The predicted molar refractivity (Wildman–Crippen MR) is 116 cm³/mol. The summed E-state index contributed by atoms with van der Waals surface area (Å²) in [7, 11) is 1.52. The van der Waals surface area contributed by atoms with Crippen LogP contribution in [0.2, 0.25) is 0 Å². The average molecular weight is 416 g/mol. The molecule has 0 aliphatic rings. The van der Waals surface area contributed by atoms with Gasteiger partial charge in [-0.1, -0.05) is 0 Å². The van der Waals surface area contributed by atoms with E-state index in [1.165, 1.54) is 25.0 Å². The second-order valence-electron chi connectivity index (χ2n) is 6.56. The van der Waals surface area contributed by atoms with Crippen molar-refractivity contribution >= 4 is 45.0 Å². The van der Waals surface area contributed by atoms with E-state index in [1.807, 2.05) is 48.7 Å². The van der Waals surface area contributed by atoms with Crippen LogP contribution in [0.25, 0.3) is 21.9 Å². The molecule has 0 bridgehead atoms. The summed E-state index contributed by atoms with van der Waals surface area (Å²) in [6, 6.07) is 12.0. The zero-order valence-corrected chi connectivity index (χ0v) is 17.0. The predicted octanol–water partition coefficient (Wildman–Crippen LogP) is 4.88. The van der Waals surface area contributed by atoms with Crippen LogP contribution in [0.1, 0.15) is 5.56 Å². The molecular formula is C21H16N6O2S. The number of hydrogen-bond donors (Lipinski definition) is 1. The quantitative estimate of drug-likeness (QED) is 0.433. The van der Waals surface area contributed by atoms with E-state index in [-0.39, 0.29) is 6.01 Å². The molecule has 30 heavy (non-hydrogen) atoms. The van der Waals surface area contributed by atoms with E-state index in [2.05, 4.69) is 29.6 Å². The van der Waals surface area contributed by atoms with Crippen LogP contribution in [0.3, 0.4) is 0 Å². The van der Waals surface area contributed by atoms with Crippen molar-refractivity contribution in [3.8, 4) is 17.5 Å². The Bertz CT molecular complexity index is 1370.